The lowest BCUT2D eigenvalue weighted by Crippen LogP contribution is -2.50. The maximum atomic E-state index is 12.7. The van der Waals surface area contributed by atoms with E-state index in [1.807, 2.05) is 54.6 Å². The smallest absolute Gasteiger partial charge is 0.239 e. The van der Waals surface area contributed by atoms with Crippen LogP contribution >= 0.6 is 0 Å². The van der Waals surface area contributed by atoms with Crippen molar-refractivity contribution in [2.24, 2.45) is 0 Å². The summed E-state index contributed by atoms with van der Waals surface area (Å²) in [6, 6.07) is 7.67. The van der Waals surface area contributed by atoms with Crippen LogP contribution in [0, 0.1) is 13.8 Å². The van der Waals surface area contributed by atoms with E-state index in [1.165, 1.54) is 0 Å². The number of aryl methyl sites for hydroxylation is 2. The van der Waals surface area contributed by atoms with Crippen LogP contribution in [-0.4, -0.2) is 38.7 Å². The minimum atomic E-state index is -0.244. The molecule has 0 bridgehead atoms. The fourth-order valence-electron chi connectivity index (χ4n) is 3.39. The lowest BCUT2D eigenvalue weighted by atomic mass is 10.1. The third-order valence-electron chi connectivity index (χ3n) is 4.96. The average molecular weight is 339 g/mol. The van der Waals surface area contributed by atoms with E-state index in [0.717, 1.165) is 33.9 Å². The molecular formula is C18H21N5O2. The number of nitrogens with zero attached hydrogens (tertiary/aromatic N) is 4. The molecule has 1 unspecified atom stereocenters. The fourth-order valence-corrected chi connectivity index (χ4v) is 3.39. The van der Waals surface area contributed by atoms with Gasteiger partial charge in [0.25, 0.3) is 0 Å². The minimum Gasteiger partial charge on any atom is -0.459 e. The zero-order valence-electron chi connectivity index (χ0n) is 14.6. The summed E-state index contributed by atoms with van der Waals surface area (Å²) in [5.74, 6) is 2.53. The number of fused-ring (bicyclic) bond motifs is 2. The number of amides is 1. The molecule has 0 fully saturated rings. The van der Waals surface area contributed by atoms with E-state index in [2.05, 4.69) is 15.5 Å². The van der Waals surface area contributed by atoms with Gasteiger partial charge in [-0.25, -0.2) is 0 Å². The molecule has 1 amide bonds. The van der Waals surface area contributed by atoms with Gasteiger partial charge in [0.2, 0.25) is 5.91 Å². The molecule has 3 aromatic rings. The SMILES string of the molecule is Cc1c(CNC(=O)C2Cn3c(C)nnc3CN2C)oc2ccccc12. The van der Waals surface area contributed by atoms with Crippen molar-refractivity contribution in [1.29, 1.82) is 0 Å². The van der Waals surface area contributed by atoms with E-state index in [9.17, 15) is 4.79 Å². The lowest BCUT2D eigenvalue weighted by molar-refractivity contribution is -0.127. The highest BCUT2D eigenvalue weighted by Crippen LogP contribution is 2.25. The van der Waals surface area contributed by atoms with Gasteiger partial charge in [0, 0.05) is 10.9 Å². The molecule has 3 heterocycles. The van der Waals surface area contributed by atoms with Crippen molar-refractivity contribution in [2.45, 2.75) is 39.5 Å². The first-order valence-corrected chi connectivity index (χ1v) is 8.38. The third kappa shape index (κ3) is 2.70. The summed E-state index contributed by atoms with van der Waals surface area (Å²) >= 11 is 0. The lowest BCUT2D eigenvalue weighted by Gasteiger charge is -2.32. The van der Waals surface area contributed by atoms with Crippen molar-refractivity contribution in [3.8, 4) is 0 Å². The van der Waals surface area contributed by atoms with Crippen molar-refractivity contribution in [3.05, 3.63) is 47.2 Å². The van der Waals surface area contributed by atoms with Gasteiger partial charge in [0.05, 0.1) is 19.6 Å². The number of hydrogen-bond donors (Lipinski definition) is 1. The largest absolute Gasteiger partial charge is 0.459 e. The van der Waals surface area contributed by atoms with Gasteiger partial charge in [-0.15, -0.1) is 10.2 Å². The van der Waals surface area contributed by atoms with Crippen LogP contribution in [0.15, 0.2) is 28.7 Å². The quantitative estimate of drug-likeness (QED) is 0.787. The van der Waals surface area contributed by atoms with Gasteiger partial charge in [-0.1, -0.05) is 18.2 Å². The molecule has 130 valence electrons. The highest BCUT2D eigenvalue weighted by Gasteiger charge is 2.31. The van der Waals surface area contributed by atoms with E-state index in [-0.39, 0.29) is 11.9 Å². The number of aromatic nitrogens is 3. The second-order valence-corrected chi connectivity index (χ2v) is 6.57. The van der Waals surface area contributed by atoms with E-state index in [0.29, 0.717) is 19.6 Å². The molecule has 2 aromatic heterocycles. The summed E-state index contributed by atoms with van der Waals surface area (Å²) in [5, 5.41) is 12.4. The molecule has 1 aliphatic rings. The van der Waals surface area contributed by atoms with E-state index < -0.39 is 0 Å². The second kappa shape index (κ2) is 6.00. The van der Waals surface area contributed by atoms with Gasteiger partial charge in [0.15, 0.2) is 0 Å². The number of furan rings is 1. The highest BCUT2D eigenvalue weighted by atomic mass is 16.3. The Hall–Kier alpha value is -2.67. The number of likely N-dealkylation sites (N-methyl/N-ethyl adjacent to an activating group) is 1. The van der Waals surface area contributed by atoms with Crippen LogP contribution in [-0.2, 0) is 24.4 Å². The summed E-state index contributed by atoms with van der Waals surface area (Å²) in [7, 11) is 1.93. The molecule has 1 aromatic carbocycles. The molecule has 25 heavy (non-hydrogen) atoms. The Morgan fingerprint density at radius 3 is 2.92 bits per heavy atom. The topological polar surface area (TPSA) is 76.2 Å². The first kappa shape index (κ1) is 15.8. The van der Waals surface area contributed by atoms with Crippen molar-refractivity contribution in [1.82, 2.24) is 25.0 Å². The summed E-state index contributed by atoms with van der Waals surface area (Å²) in [6.07, 6.45) is 0. The van der Waals surface area contributed by atoms with Crippen LogP contribution in [0.1, 0.15) is 23.0 Å². The van der Waals surface area contributed by atoms with Crippen molar-refractivity contribution in [3.63, 3.8) is 0 Å². The molecule has 4 rings (SSSR count). The van der Waals surface area contributed by atoms with Gasteiger partial charge < -0.3 is 14.3 Å². The maximum absolute atomic E-state index is 12.7. The molecule has 1 aliphatic heterocycles. The Bertz CT molecular complexity index is 942. The summed E-state index contributed by atoms with van der Waals surface area (Å²) in [4.78, 5) is 14.7. The average Bonchev–Trinajstić information content (AvgIpc) is 3.12. The van der Waals surface area contributed by atoms with Crippen LogP contribution in [0.25, 0.3) is 11.0 Å². The number of hydrogen-bond acceptors (Lipinski definition) is 5. The predicted molar refractivity (Wildman–Crippen MR) is 92.8 cm³/mol. The predicted octanol–water partition coefficient (Wildman–Crippen LogP) is 1.77. The first-order chi connectivity index (χ1) is 12.0. The van der Waals surface area contributed by atoms with Crippen LogP contribution < -0.4 is 5.32 Å². The van der Waals surface area contributed by atoms with Gasteiger partial charge in [-0.05, 0) is 27.0 Å². The monoisotopic (exact) mass is 339 g/mol. The molecule has 1 N–H and O–H groups in total. The molecule has 0 saturated heterocycles. The third-order valence-corrected chi connectivity index (χ3v) is 4.96. The molecule has 7 nitrogen and oxygen atoms in total. The van der Waals surface area contributed by atoms with E-state index >= 15 is 0 Å². The maximum Gasteiger partial charge on any atom is 0.239 e. The van der Waals surface area contributed by atoms with Crippen molar-refractivity contribution < 1.29 is 9.21 Å². The van der Waals surface area contributed by atoms with E-state index in [4.69, 9.17) is 4.42 Å². The number of carbonyl (C=O) groups is 1. The molecular weight excluding hydrogens is 318 g/mol. The van der Waals surface area contributed by atoms with Crippen LogP contribution in [0.4, 0.5) is 0 Å². The molecule has 0 aliphatic carbocycles. The van der Waals surface area contributed by atoms with Crippen LogP contribution in [0.2, 0.25) is 0 Å². The Kier molecular flexibility index (Phi) is 3.80. The highest BCUT2D eigenvalue weighted by molar-refractivity contribution is 5.83. The normalized spacial score (nSPS) is 17.6. The van der Waals surface area contributed by atoms with Gasteiger partial charge in [-0.2, -0.15) is 0 Å². The van der Waals surface area contributed by atoms with Crippen molar-refractivity contribution in [2.75, 3.05) is 7.05 Å². The van der Waals surface area contributed by atoms with Gasteiger partial charge >= 0.3 is 0 Å². The Morgan fingerprint density at radius 1 is 1.32 bits per heavy atom. The number of rotatable bonds is 3. The summed E-state index contributed by atoms with van der Waals surface area (Å²) < 4.78 is 7.88. The zero-order valence-corrected chi connectivity index (χ0v) is 14.6. The van der Waals surface area contributed by atoms with Crippen molar-refractivity contribution >= 4 is 16.9 Å². The van der Waals surface area contributed by atoms with Crippen LogP contribution in [0.3, 0.4) is 0 Å². The summed E-state index contributed by atoms with van der Waals surface area (Å²) in [6.45, 7) is 5.50. The second-order valence-electron chi connectivity index (χ2n) is 6.57. The molecule has 0 spiro atoms. The van der Waals surface area contributed by atoms with E-state index in [1.54, 1.807) is 0 Å². The number of nitrogens with one attached hydrogen (secondary N) is 1. The molecule has 0 radical (unpaired) electrons. The molecule has 7 heteroatoms. The number of benzene rings is 1. The Balaban J connectivity index is 1.48. The van der Waals surface area contributed by atoms with Gasteiger partial charge in [-0.3, -0.25) is 9.69 Å². The molecule has 1 atom stereocenters. The standard InChI is InChI=1S/C18H21N5O2/c1-11-13-6-4-5-7-15(13)25-16(11)8-19-18(24)14-9-23-12(2)20-21-17(23)10-22(14)3/h4-7,14H,8-10H2,1-3H3,(H,19,24). The minimum absolute atomic E-state index is 0.0129. The number of carbonyl (C=O) groups excluding carboxylic acids is 1. The Morgan fingerprint density at radius 2 is 2.12 bits per heavy atom. The fraction of sp³-hybridized carbons (Fsp3) is 0.389. The zero-order chi connectivity index (χ0) is 17.6. The number of para-hydroxylation sites is 1. The Labute approximate surface area is 145 Å². The molecule has 0 saturated carbocycles. The summed E-state index contributed by atoms with van der Waals surface area (Å²) in [5.41, 5.74) is 1.92. The van der Waals surface area contributed by atoms with Gasteiger partial charge in [0.1, 0.15) is 29.0 Å². The first-order valence-electron chi connectivity index (χ1n) is 8.38. The van der Waals surface area contributed by atoms with Crippen LogP contribution in [0.5, 0.6) is 0 Å².